The molecule has 0 aliphatic rings. The van der Waals surface area contributed by atoms with Crippen molar-refractivity contribution in [3.05, 3.63) is 70.8 Å². The molecule has 0 bridgehead atoms. The molecule has 53 heavy (non-hydrogen) atoms. The van der Waals surface area contributed by atoms with Gasteiger partial charge < -0.3 is 44.4 Å². The first kappa shape index (κ1) is 42.9. The minimum Gasteiger partial charge on any atom is -0.493 e. The average molecular weight is 736 g/mol. The van der Waals surface area contributed by atoms with Gasteiger partial charge in [-0.2, -0.15) is 0 Å². The van der Waals surface area contributed by atoms with Gasteiger partial charge in [-0.3, -0.25) is 14.4 Å². The van der Waals surface area contributed by atoms with E-state index in [1.165, 1.54) is 0 Å². The second-order valence-corrected chi connectivity index (χ2v) is 12.6. The minimum absolute atomic E-state index is 0.00625. The largest absolute Gasteiger partial charge is 0.493 e. The Bertz CT molecular complexity index is 1610. The van der Waals surface area contributed by atoms with E-state index in [-0.39, 0.29) is 30.9 Å². The molecule has 0 unspecified atom stereocenters. The van der Waals surface area contributed by atoms with Crippen LogP contribution in [0.1, 0.15) is 47.9 Å². The molecule has 0 atom stereocenters. The predicted octanol–water partition coefficient (Wildman–Crippen LogP) is 5.07. The lowest BCUT2D eigenvalue weighted by Crippen LogP contribution is -2.24. The van der Waals surface area contributed by atoms with E-state index in [0.717, 1.165) is 68.8 Å². The first-order chi connectivity index (χ1) is 25.7. The van der Waals surface area contributed by atoms with Crippen molar-refractivity contribution < 1.29 is 42.8 Å². The van der Waals surface area contributed by atoms with Crippen LogP contribution in [0.4, 0.5) is 0 Å². The summed E-state index contributed by atoms with van der Waals surface area (Å²) in [6, 6.07) is 16.7. The Morgan fingerprint density at radius 2 is 1.11 bits per heavy atom. The molecule has 12 heteroatoms. The maximum absolute atomic E-state index is 11.5. The number of carbonyl (C=O) groups is 3. The first-order valence-electron chi connectivity index (χ1n) is 18.2. The van der Waals surface area contributed by atoms with Crippen molar-refractivity contribution in [2.75, 3.05) is 80.6 Å². The third-order valence-electron chi connectivity index (χ3n) is 8.39. The van der Waals surface area contributed by atoms with Gasteiger partial charge >= 0.3 is 0 Å². The van der Waals surface area contributed by atoms with Gasteiger partial charge in [0.25, 0.3) is 0 Å². The number of benzene rings is 3. The molecule has 0 aliphatic carbocycles. The number of hydrogen-bond acceptors (Lipinski definition) is 9. The van der Waals surface area contributed by atoms with Crippen LogP contribution in [-0.4, -0.2) is 98.3 Å². The monoisotopic (exact) mass is 735 g/mol. The van der Waals surface area contributed by atoms with Crippen molar-refractivity contribution in [1.29, 1.82) is 0 Å². The summed E-state index contributed by atoms with van der Waals surface area (Å²) in [5.41, 5.74) is 8.30. The lowest BCUT2D eigenvalue weighted by molar-refractivity contribution is -0.126. The van der Waals surface area contributed by atoms with Crippen LogP contribution < -0.4 is 25.4 Å². The van der Waals surface area contributed by atoms with Crippen molar-refractivity contribution in [3.8, 4) is 33.8 Å². The number of nitrogens with one attached hydrogen (secondary N) is 3. The number of ether oxygens (including phenoxy) is 6. The zero-order chi connectivity index (χ0) is 38.4. The number of rotatable bonds is 25. The van der Waals surface area contributed by atoms with Crippen LogP contribution >= 0.6 is 0 Å². The van der Waals surface area contributed by atoms with E-state index < -0.39 is 0 Å². The minimum atomic E-state index is -0.173. The highest BCUT2D eigenvalue weighted by atomic mass is 16.5. The second-order valence-electron chi connectivity index (χ2n) is 12.6. The normalized spacial score (nSPS) is 10.9. The number of likely N-dealkylation sites (N-methyl/N-ethyl adjacent to an activating group) is 2. The molecule has 290 valence electrons. The van der Waals surface area contributed by atoms with E-state index in [1.54, 1.807) is 21.1 Å². The van der Waals surface area contributed by atoms with Crippen LogP contribution in [0.5, 0.6) is 11.5 Å². The lowest BCUT2D eigenvalue weighted by atomic mass is 9.91. The standard InChI is InChI=1S/C41H57N3O9/c1-29-10-13-37(52-18-9-16-48-19-14-39(45)42-4)35(22-29)36-23-31(3)34(25-38(36)53-17-8-7-15-49-27-40(46)43-5)33-24-32(12-11-30(33)2)26-50-20-21-51-28-41(47)44-6/h10-13,22-25H,7-9,14-21,26-28H2,1-6H3,(H,42,45)(H,43,46)(H,44,47). The van der Waals surface area contributed by atoms with Gasteiger partial charge in [0.1, 0.15) is 24.7 Å². The van der Waals surface area contributed by atoms with Crippen molar-refractivity contribution in [1.82, 2.24) is 16.0 Å². The zero-order valence-corrected chi connectivity index (χ0v) is 32.2. The van der Waals surface area contributed by atoms with E-state index >= 15 is 0 Å². The first-order valence-corrected chi connectivity index (χ1v) is 18.2. The summed E-state index contributed by atoms with van der Waals surface area (Å²) in [5, 5.41) is 7.69. The third kappa shape index (κ3) is 15.2. The fourth-order valence-electron chi connectivity index (χ4n) is 5.34. The van der Waals surface area contributed by atoms with Crippen LogP contribution in [0, 0.1) is 20.8 Å². The van der Waals surface area contributed by atoms with Crippen LogP contribution in [-0.2, 0) is 39.9 Å². The quantitative estimate of drug-likeness (QED) is 0.102. The predicted molar refractivity (Wildman–Crippen MR) is 205 cm³/mol. The van der Waals surface area contributed by atoms with Gasteiger partial charge in [0.15, 0.2) is 0 Å². The molecule has 0 heterocycles. The van der Waals surface area contributed by atoms with Crippen LogP contribution in [0.15, 0.2) is 48.5 Å². The van der Waals surface area contributed by atoms with Gasteiger partial charge in [0.05, 0.1) is 39.6 Å². The molecule has 0 saturated carbocycles. The Morgan fingerprint density at radius 3 is 1.85 bits per heavy atom. The van der Waals surface area contributed by atoms with E-state index in [2.05, 4.69) is 73.1 Å². The topological polar surface area (TPSA) is 143 Å². The molecule has 3 aromatic carbocycles. The summed E-state index contributed by atoms with van der Waals surface area (Å²) in [4.78, 5) is 34.3. The van der Waals surface area contributed by atoms with E-state index in [1.807, 2.05) is 12.1 Å². The highest BCUT2D eigenvalue weighted by Crippen LogP contribution is 2.42. The molecule has 3 rings (SSSR count). The highest BCUT2D eigenvalue weighted by Gasteiger charge is 2.18. The molecule has 3 aromatic rings. The van der Waals surface area contributed by atoms with Gasteiger partial charge in [-0.05, 0) is 91.8 Å². The van der Waals surface area contributed by atoms with Gasteiger partial charge in [-0.25, -0.2) is 0 Å². The average Bonchev–Trinajstić information content (AvgIpc) is 3.16. The smallest absolute Gasteiger partial charge is 0.245 e. The Labute approximate surface area is 314 Å². The fraction of sp³-hybridized carbons (Fsp3) is 0.488. The maximum Gasteiger partial charge on any atom is 0.245 e. The van der Waals surface area contributed by atoms with Crippen LogP contribution in [0.3, 0.4) is 0 Å². The number of carbonyl (C=O) groups excluding carboxylic acids is 3. The molecular weight excluding hydrogens is 678 g/mol. The summed E-state index contributed by atoms with van der Waals surface area (Å²) in [7, 11) is 4.78. The maximum atomic E-state index is 11.5. The van der Waals surface area contributed by atoms with Crippen molar-refractivity contribution in [2.45, 2.75) is 53.1 Å². The van der Waals surface area contributed by atoms with Gasteiger partial charge in [0.2, 0.25) is 17.7 Å². The molecule has 0 spiro atoms. The number of hydrogen-bond donors (Lipinski definition) is 3. The lowest BCUT2D eigenvalue weighted by Gasteiger charge is -2.20. The van der Waals surface area contributed by atoms with Crippen LogP contribution in [0.2, 0.25) is 0 Å². The summed E-state index contributed by atoms with van der Waals surface area (Å²) >= 11 is 0. The number of aryl methyl sites for hydroxylation is 3. The van der Waals surface area contributed by atoms with E-state index in [4.69, 9.17) is 28.4 Å². The fourth-order valence-corrected chi connectivity index (χ4v) is 5.34. The molecule has 12 nitrogen and oxygen atoms in total. The van der Waals surface area contributed by atoms with Crippen molar-refractivity contribution in [2.24, 2.45) is 0 Å². The summed E-state index contributed by atoms with van der Waals surface area (Å²) in [5.74, 6) is 1.11. The van der Waals surface area contributed by atoms with E-state index in [9.17, 15) is 14.4 Å². The summed E-state index contributed by atoms with van der Waals surface area (Å²) in [6.07, 6.45) is 2.49. The Balaban J connectivity index is 1.82. The highest BCUT2D eigenvalue weighted by molar-refractivity contribution is 5.83. The molecule has 0 radical (unpaired) electrons. The number of amides is 3. The van der Waals surface area contributed by atoms with Crippen molar-refractivity contribution in [3.63, 3.8) is 0 Å². The summed E-state index contributed by atoms with van der Waals surface area (Å²) in [6.45, 7) is 9.62. The van der Waals surface area contributed by atoms with Crippen molar-refractivity contribution >= 4 is 17.7 Å². The molecule has 3 N–H and O–H groups in total. The molecule has 0 saturated heterocycles. The van der Waals surface area contributed by atoms with Gasteiger partial charge in [-0.15, -0.1) is 0 Å². The molecule has 3 amide bonds. The molecule has 0 aromatic heterocycles. The van der Waals surface area contributed by atoms with Gasteiger partial charge in [-0.1, -0.05) is 23.8 Å². The third-order valence-corrected chi connectivity index (χ3v) is 8.39. The summed E-state index contributed by atoms with van der Waals surface area (Å²) < 4.78 is 35.2. The molecule has 0 aliphatic heterocycles. The number of unbranched alkanes of at least 4 members (excludes halogenated alkanes) is 1. The molecule has 0 fully saturated rings. The SMILES string of the molecule is CNC(=O)CCOCCCOc1ccc(C)cc1-c1cc(C)c(-c2cc(COCCOCC(=O)NC)ccc2C)cc1OCCCCOCC(=O)NC. The van der Waals surface area contributed by atoms with Crippen LogP contribution in [0.25, 0.3) is 22.3 Å². The Morgan fingerprint density at radius 1 is 0.509 bits per heavy atom. The Hall–Kier alpha value is -4.49. The van der Waals surface area contributed by atoms with E-state index in [0.29, 0.717) is 65.7 Å². The second kappa shape index (κ2) is 23.9. The Kier molecular flexibility index (Phi) is 19.4. The molecular formula is C41H57N3O9. The zero-order valence-electron chi connectivity index (χ0n) is 32.2. The van der Waals surface area contributed by atoms with Gasteiger partial charge in [0, 0.05) is 58.3 Å².